The van der Waals surface area contributed by atoms with Crippen molar-refractivity contribution in [2.24, 2.45) is 5.41 Å². The standard InChI is InChI=1S/C14H24N4O/c1-11-8-12(2)18-13(17-11)16-9-14(10-19-3)4-6-15-7-5-14/h8,15H,4-7,9-10H2,1-3H3,(H,16,17,18). The van der Waals surface area contributed by atoms with E-state index in [-0.39, 0.29) is 5.41 Å². The number of nitrogens with one attached hydrogen (secondary N) is 2. The topological polar surface area (TPSA) is 59.1 Å². The summed E-state index contributed by atoms with van der Waals surface area (Å²) in [6.45, 7) is 7.75. The van der Waals surface area contributed by atoms with Crippen molar-refractivity contribution in [2.45, 2.75) is 26.7 Å². The molecule has 0 saturated carbocycles. The highest BCUT2D eigenvalue weighted by atomic mass is 16.5. The second-order valence-corrected chi connectivity index (χ2v) is 5.51. The van der Waals surface area contributed by atoms with E-state index in [1.165, 1.54) is 0 Å². The summed E-state index contributed by atoms with van der Waals surface area (Å²) in [5.74, 6) is 0.728. The summed E-state index contributed by atoms with van der Waals surface area (Å²) in [4.78, 5) is 8.86. The van der Waals surface area contributed by atoms with Crippen LogP contribution in [0.15, 0.2) is 6.07 Å². The molecule has 0 atom stereocenters. The predicted molar refractivity (Wildman–Crippen MR) is 76.4 cm³/mol. The molecular weight excluding hydrogens is 240 g/mol. The summed E-state index contributed by atoms with van der Waals surface area (Å²) in [7, 11) is 1.77. The lowest BCUT2D eigenvalue weighted by Crippen LogP contribution is -2.44. The molecular formula is C14H24N4O. The number of anilines is 1. The monoisotopic (exact) mass is 264 g/mol. The summed E-state index contributed by atoms with van der Waals surface area (Å²) >= 11 is 0. The highest BCUT2D eigenvalue weighted by Gasteiger charge is 2.32. The van der Waals surface area contributed by atoms with Crippen molar-refractivity contribution in [3.05, 3.63) is 17.5 Å². The summed E-state index contributed by atoms with van der Waals surface area (Å²) in [6.07, 6.45) is 2.25. The van der Waals surface area contributed by atoms with E-state index in [1.54, 1.807) is 7.11 Å². The molecule has 2 N–H and O–H groups in total. The van der Waals surface area contributed by atoms with E-state index in [0.29, 0.717) is 0 Å². The summed E-state index contributed by atoms with van der Waals surface area (Å²) in [5, 5.41) is 6.79. The molecule has 1 saturated heterocycles. The van der Waals surface area contributed by atoms with Gasteiger partial charge in [-0.3, -0.25) is 0 Å². The normalized spacial score (nSPS) is 18.3. The molecule has 5 nitrogen and oxygen atoms in total. The van der Waals surface area contributed by atoms with Gasteiger partial charge < -0.3 is 15.4 Å². The van der Waals surface area contributed by atoms with Crippen LogP contribution in [0, 0.1) is 19.3 Å². The maximum Gasteiger partial charge on any atom is 0.223 e. The second kappa shape index (κ2) is 6.30. The summed E-state index contributed by atoms with van der Waals surface area (Å²) in [6, 6.07) is 1.99. The van der Waals surface area contributed by atoms with Gasteiger partial charge in [0.05, 0.1) is 6.61 Å². The van der Waals surface area contributed by atoms with Crippen LogP contribution < -0.4 is 10.6 Å². The van der Waals surface area contributed by atoms with E-state index in [1.807, 2.05) is 19.9 Å². The SMILES string of the molecule is COCC1(CNc2nc(C)cc(C)n2)CCNCC1. The highest BCUT2D eigenvalue weighted by Crippen LogP contribution is 2.29. The van der Waals surface area contributed by atoms with Gasteiger partial charge >= 0.3 is 0 Å². The molecule has 0 radical (unpaired) electrons. The van der Waals surface area contributed by atoms with Gasteiger partial charge in [-0.1, -0.05) is 0 Å². The molecule has 0 amide bonds. The zero-order valence-electron chi connectivity index (χ0n) is 12.1. The maximum absolute atomic E-state index is 5.41. The molecule has 1 fully saturated rings. The quantitative estimate of drug-likeness (QED) is 0.844. The molecule has 106 valence electrons. The Balaban J connectivity index is 2.01. The lowest BCUT2D eigenvalue weighted by Gasteiger charge is -2.37. The number of hydrogen-bond donors (Lipinski definition) is 2. The molecule has 1 aromatic rings. The van der Waals surface area contributed by atoms with Crippen molar-refractivity contribution >= 4 is 5.95 Å². The molecule has 0 bridgehead atoms. The minimum Gasteiger partial charge on any atom is -0.384 e. The number of nitrogens with zero attached hydrogens (tertiary/aromatic N) is 2. The number of aromatic nitrogens is 2. The number of rotatable bonds is 5. The van der Waals surface area contributed by atoms with E-state index in [2.05, 4.69) is 20.6 Å². The van der Waals surface area contributed by atoms with Crippen molar-refractivity contribution in [3.8, 4) is 0 Å². The van der Waals surface area contributed by atoms with Gasteiger partial charge in [-0.05, 0) is 45.8 Å². The average Bonchev–Trinajstić information content (AvgIpc) is 2.37. The molecule has 0 spiro atoms. The Morgan fingerprint density at radius 1 is 1.26 bits per heavy atom. The zero-order valence-corrected chi connectivity index (χ0v) is 12.1. The highest BCUT2D eigenvalue weighted by molar-refractivity contribution is 5.28. The molecule has 1 aliphatic rings. The molecule has 5 heteroatoms. The third-order valence-electron chi connectivity index (χ3n) is 3.72. The van der Waals surface area contributed by atoms with Gasteiger partial charge in [-0.2, -0.15) is 0 Å². The zero-order chi connectivity index (χ0) is 13.7. The van der Waals surface area contributed by atoms with Crippen LogP contribution in [0.25, 0.3) is 0 Å². The van der Waals surface area contributed by atoms with Crippen LogP contribution >= 0.6 is 0 Å². The van der Waals surface area contributed by atoms with Gasteiger partial charge in [0.2, 0.25) is 5.95 Å². The molecule has 1 aromatic heterocycles. The molecule has 2 heterocycles. The maximum atomic E-state index is 5.41. The lowest BCUT2D eigenvalue weighted by molar-refractivity contribution is 0.0634. The fourth-order valence-corrected chi connectivity index (χ4v) is 2.71. The Labute approximate surface area is 115 Å². The van der Waals surface area contributed by atoms with Gasteiger partial charge in [0.25, 0.3) is 0 Å². The predicted octanol–water partition coefficient (Wildman–Crippen LogP) is 1.52. The molecule has 0 unspecified atom stereocenters. The van der Waals surface area contributed by atoms with Crippen LogP contribution in [-0.2, 0) is 4.74 Å². The number of piperidine rings is 1. The van der Waals surface area contributed by atoms with E-state index < -0.39 is 0 Å². The first-order valence-electron chi connectivity index (χ1n) is 6.89. The summed E-state index contributed by atoms with van der Waals surface area (Å²) in [5.41, 5.74) is 2.20. The van der Waals surface area contributed by atoms with Crippen molar-refractivity contribution in [1.29, 1.82) is 0 Å². The Bertz CT molecular complexity index is 390. The summed E-state index contributed by atoms with van der Waals surface area (Å²) < 4.78 is 5.41. The number of ether oxygens (including phenoxy) is 1. The van der Waals surface area contributed by atoms with Crippen LogP contribution in [0.1, 0.15) is 24.2 Å². The first kappa shape index (κ1) is 14.2. The lowest BCUT2D eigenvalue weighted by atomic mass is 9.79. The molecule has 19 heavy (non-hydrogen) atoms. The van der Waals surface area contributed by atoms with Crippen LogP contribution in [0.5, 0.6) is 0 Å². The van der Waals surface area contributed by atoms with Gasteiger partial charge in [0.1, 0.15) is 0 Å². The van der Waals surface area contributed by atoms with Crippen LogP contribution in [0.3, 0.4) is 0 Å². The third kappa shape index (κ3) is 3.88. The smallest absolute Gasteiger partial charge is 0.223 e. The van der Waals surface area contributed by atoms with Crippen molar-refractivity contribution in [2.75, 3.05) is 38.7 Å². The van der Waals surface area contributed by atoms with E-state index in [4.69, 9.17) is 4.74 Å². The Morgan fingerprint density at radius 3 is 2.47 bits per heavy atom. The van der Waals surface area contributed by atoms with Crippen molar-refractivity contribution < 1.29 is 4.74 Å². The largest absolute Gasteiger partial charge is 0.384 e. The fraction of sp³-hybridized carbons (Fsp3) is 0.714. The van der Waals surface area contributed by atoms with Crippen LogP contribution in [0.4, 0.5) is 5.95 Å². The number of hydrogen-bond acceptors (Lipinski definition) is 5. The van der Waals surface area contributed by atoms with Gasteiger partial charge in [0, 0.05) is 30.5 Å². The second-order valence-electron chi connectivity index (χ2n) is 5.51. The minimum absolute atomic E-state index is 0.195. The molecule has 2 rings (SSSR count). The first-order chi connectivity index (χ1) is 9.13. The van der Waals surface area contributed by atoms with Gasteiger partial charge in [0.15, 0.2) is 0 Å². The van der Waals surface area contributed by atoms with E-state index in [9.17, 15) is 0 Å². The van der Waals surface area contributed by atoms with Crippen LogP contribution in [0.2, 0.25) is 0 Å². The third-order valence-corrected chi connectivity index (χ3v) is 3.72. The Morgan fingerprint density at radius 2 is 1.89 bits per heavy atom. The minimum atomic E-state index is 0.195. The van der Waals surface area contributed by atoms with Crippen molar-refractivity contribution in [3.63, 3.8) is 0 Å². The Hall–Kier alpha value is -1.20. The Kier molecular flexibility index (Phi) is 4.71. The molecule has 0 aliphatic carbocycles. The van der Waals surface area contributed by atoms with Gasteiger partial charge in [-0.25, -0.2) is 9.97 Å². The first-order valence-corrected chi connectivity index (χ1v) is 6.89. The molecule has 0 aromatic carbocycles. The van der Waals surface area contributed by atoms with Gasteiger partial charge in [-0.15, -0.1) is 0 Å². The van der Waals surface area contributed by atoms with E-state index in [0.717, 1.165) is 56.4 Å². The van der Waals surface area contributed by atoms with E-state index >= 15 is 0 Å². The molecule has 1 aliphatic heterocycles. The van der Waals surface area contributed by atoms with Crippen molar-refractivity contribution in [1.82, 2.24) is 15.3 Å². The number of methoxy groups -OCH3 is 1. The average molecular weight is 264 g/mol. The fourth-order valence-electron chi connectivity index (χ4n) is 2.71. The number of aryl methyl sites for hydroxylation is 2. The van der Waals surface area contributed by atoms with Crippen LogP contribution in [-0.4, -0.2) is 43.3 Å².